The smallest absolute Gasteiger partial charge is 0.410 e. The van der Waals surface area contributed by atoms with Gasteiger partial charge < -0.3 is 9.47 Å². The number of halogens is 3. The van der Waals surface area contributed by atoms with Crippen LogP contribution >= 0.6 is 0 Å². The van der Waals surface area contributed by atoms with E-state index in [1.54, 1.807) is 11.0 Å². The van der Waals surface area contributed by atoms with Crippen LogP contribution in [-0.4, -0.2) is 42.9 Å². The molecule has 1 aliphatic carbocycles. The van der Waals surface area contributed by atoms with Crippen molar-refractivity contribution in [2.75, 3.05) is 19.8 Å². The third-order valence-corrected chi connectivity index (χ3v) is 7.10. The molecule has 3 aromatic rings. The van der Waals surface area contributed by atoms with E-state index in [1.165, 1.54) is 0 Å². The van der Waals surface area contributed by atoms with Crippen LogP contribution in [0.15, 0.2) is 66.7 Å². The Kier molecular flexibility index (Phi) is 5.37. The van der Waals surface area contributed by atoms with Gasteiger partial charge in [-0.05, 0) is 51.9 Å². The van der Waals surface area contributed by atoms with E-state index in [9.17, 15) is 18.0 Å². The highest BCUT2D eigenvalue weighted by atomic mass is 19.2. The second kappa shape index (κ2) is 8.57. The van der Waals surface area contributed by atoms with Crippen LogP contribution in [0.5, 0.6) is 0 Å². The molecule has 1 saturated heterocycles. The summed E-state index contributed by atoms with van der Waals surface area (Å²) >= 11 is 0. The quantitative estimate of drug-likeness (QED) is 0.441. The number of ether oxygens (including phenoxy) is 2. The van der Waals surface area contributed by atoms with E-state index in [1.807, 2.05) is 24.3 Å². The zero-order valence-corrected chi connectivity index (χ0v) is 18.7. The zero-order chi connectivity index (χ0) is 24.1. The van der Waals surface area contributed by atoms with Gasteiger partial charge in [-0.15, -0.1) is 0 Å². The van der Waals surface area contributed by atoms with Crippen molar-refractivity contribution < 1.29 is 27.4 Å². The van der Waals surface area contributed by atoms with E-state index in [0.29, 0.717) is 12.0 Å². The molecular formula is C28H22F3NO3. The summed E-state index contributed by atoms with van der Waals surface area (Å²) in [5, 5.41) is 0. The van der Waals surface area contributed by atoms with Crippen molar-refractivity contribution in [3.05, 3.63) is 101 Å². The highest BCUT2D eigenvalue weighted by Crippen LogP contribution is 2.44. The molecule has 4 nitrogen and oxygen atoms in total. The average molecular weight is 477 g/mol. The van der Waals surface area contributed by atoms with Gasteiger partial charge in [0.25, 0.3) is 0 Å². The second-order valence-corrected chi connectivity index (χ2v) is 9.12. The summed E-state index contributed by atoms with van der Waals surface area (Å²) in [6.07, 6.45) is 1.63. The molecule has 35 heavy (non-hydrogen) atoms. The monoisotopic (exact) mass is 477 g/mol. The first-order valence-electron chi connectivity index (χ1n) is 11.6. The summed E-state index contributed by atoms with van der Waals surface area (Å²) in [6.45, 7) is 0.731. The van der Waals surface area contributed by atoms with Gasteiger partial charge in [-0.25, -0.2) is 18.0 Å². The molecule has 2 unspecified atom stereocenters. The molecule has 2 bridgehead atoms. The topological polar surface area (TPSA) is 38.8 Å². The summed E-state index contributed by atoms with van der Waals surface area (Å²) in [5.74, 6) is -4.01. The SMILES string of the molecule is O=C(OCC1c2ccccc2-c2ccccc21)N1C2C=C(c3cc(F)c(F)c(F)c3)CC1COC2. The molecule has 0 N–H and O–H groups in total. The molecule has 0 saturated carbocycles. The highest BCUT2D eigenvalue weighted by Gasteiger charge is 2.40. The number of morpholine rings is 1. The largest absolute Gasteiger partial charge is 0.448 e. The van der Waals surface area contributed by atoms with E-state index in [4.69, 9.17) is 9.47 Å². The van der Waals surface area contributed by atoms with E-state index >= 15 is 0 Å². The van der Waals surface area contributed by atoms with Crippen LogP contribution < -0.4 is 0 Å². The van der Waals surface area contributed by atoms with Gasteiger partial charge in [0.2, 0.25) is 0 Å². The Morgan fingerprint density at radius 3 is 2.20 bits per heavy atom. The summed E-state index contributed by atoms with van der Waals surface area (Å²) in [4.78, 5) is 14.9. The maximum atomic E-state index is 13.8. The number of nitrogens with zero attached hydrogens (tertiary/aromatic N) is 1. The number of carbonyl (C=O) groups excluding carboxylic acids is 1. The summed E-state index contributed by atoms with van der Waals surface area (Å²) in [7, 11) is 0. The van der Waals surface area contributed by atoms with Crippen molar-refractivity contribution in [1.29, 1.82) is 0 Å². The normalized spacial score (nSPS) is 20.8. The van der Waals surface area contributed by atoms with Crippen LogP contribution in [0.1, 0.15) is 29.0 Å². The number of benzene rings is 3. The summed E-state index contributed by atoms with van der Waals surface area (Å²) < 4.78 is 52.5. The first-order chi connectivity index (χ1) is 17.0. The molecule has 2 heterocycles. The molecule has 2 aliphatic heterocycles. The van der Waals surface area contributed by atoms with Crippen LogP contribution in [0, 0.1) is 17.5 Å². The third-order valence-electron chi connectivity index (χ3n) is 7.10. The van der Waals surface area contributed by atoms with Gasteiger partial charge in [-0.1, -0.05) is 54.6 Å². The number of rotatable bonds is 3. The minimum absolute atomic E-state index is 0.0523. The lowest BCUT2D eigenvalue weighted by Gasteiger charge is -2.44. The van der Waals surface area contributed by atoms with Gasteiger partial charge in [0.15, 0.2) is 17.5 Å². The lowest BCUT2D eigenvalue weighted by molar-refractivity contribution is -0.0331. The third kappa shape index (κ3) is 3.71. The molecule has 2 atom stereocenters. The molecule has 3 aromatic carbocycles. The number of amides is 1. The molecule has 0 aromatic heterocycles. The molecule has 0 radical (unpaired) electrons. The maximum Gasteiger partial charge on any atom is 0.410 e. The first kappa shape index (κ1) is 21.9. The molecule has 0 spiro atoms. The van der Waals surface area contributed by atoms with Gasteiger partial charge in [0, 0.05) is 5.92 Å². The number of hydrogen-bond acceptors (Lipinski definition) is 3. The van der Waals surface area contributed by atoms with Crippen LogP contribution in [0.2, 0.25) is 0 Å². The molecule has 3 aliphatic rings. The Morgan fingerprint density at radius 1 is 0.943 bits per heavy atom. The number of fused-ring (bicyclic) bond motifs is 5. The van der Waals surface area contributed by atoms with Crippen molar-refractivity contribution in [3.8, 4) is 11.1 Å². The van der Waals surface area contributed by atoms with Gasteiger partial charge in [-0.3, -0.25) is 4.90 Å². The fraction of sp³-hybridized carbons (Fsp3) is 0.250. The van der Waals surface area contributed by atoms with Gasteiger partial charge in [0.05, 0.1) is 25.3 Å². The van der Waals surface area contributed by atoms with Crippen LogP contribution in [0.25, 0.3) is 16.7 Å². The van der Waals surface area contributed by atoms with Crippen molar-refractivity contribution in [2.24, 2.45) is 0 Å². The van der Waals surface area contributed by atoms with Crippen molar-refractivity contribution in [3.63, 3.8) is 0 Å². The fourth-order valence-electron chi connectivity index (χ4n) is 5.50. The van der Waals surface area contributed by atoms with Crippen molar-refractivity contribution in [1.82, 2.24) is 4.90 Å². The number of carbonyl (C=O) groups is 1. The van der Waals surface area contributed by atoms with E-state index in [-0.39, 0.29) is 37.3 Å². The maximum absolute atomic E-state index is 13.8. The minimum atomic E-state index is -1.49. The second-order valence-electron chi connectivity index (χ2n) is 9.12. The Hall–Kier alpha value is -3.58. The van der Waals surface area contributed by atoms with Crippen LogP contribution in [-0.2, 0) is 9.47 Å². The summed E-state index contributed by atoms with van der Waals surface area (Å²) in [5.41, 5.74) is 5.49. The van der Waals surface area contributed by atoms with E-state index in [0.717, 1.165) is 34.4 Å². The standard InChI is InChI=1S/C28H22F3NO3/c29-25-11-17(12-26(30)27(25)31)16-9-18-13-34-14-19(10-16)32(18)28(33)35-15-24-22-7-3-1-5-20(22)21-6-2-4-8-23(21)24/h1-9,11-12,18-19,24H,10,13-15H2. The first-order valence-corrected chi connectivity index (χ1v) is 11.6. The number of hydrogen-bond donors (Lipinski definition) is 0. The highest BCUT2D eigenvalue weighted by molar-refractivity contribution is 5.79. The Bertz CT molecular complexity index is 1290. The predicted molar refractivity (Wildman–Crippen MR) is 124 cm³/mol. The molecule has 1 amide bonds. The summed E-state index contributed by atoms with van der Waals surface area (Å²) in [6, 6.07) is 17.5. The fourth-order valence-corrected chi connectivity index (χ4v) is 5.50. The average Bonchev–Trinajstić information content (AvgIpc) is 3.18. The molecular weight excluding hydrogens is 455 g/mol. The van der Waals surface area contributed by atoms with Gasteiger partial charge in [-0.2, -0.15) is 0 Å². The Morgan fingerprint density at radius 2 is 1.57 bits per heavy atom. The molecule has 6 rings (SSSR count). The van der Waals surface area contributed by atoms with Gasteiger partial charge >= 0.3 is 6.09 Å². The molecule has 178 valence electrons. The minimum Gasteiger partial charge on any atom is -0.448 e. The lowest BCUT2D eigenvalue weighted by atomic mass is 9.90. The van der Waals surface area contributed by atoms with Crippen LogP contribution in [0.4, 0.5) is 18.0 Å². The zero-order valence-electron chi connectivity index (χ0n) is 18.7. The Balaban J connectivity index is 1.23. The Labute approximate surface area is 200 Å². The van der Waals surface area contributed by atoms with E-state index in [2.05, 4.69) is 24.3 Å². The van der Waals surface area contributed by atoms with Crippen molar-refractivity contribution >= 4 is 11.7 Å². The molecule has 7 heteroatoms. The lowest BCUT2D eigenvalue weighted by Crippen LogP contribution is -2.56. The van der Waals surface area contributed by atoms with Crippen molar-refractivity contribution in [2.45, 2.75) is 24.4 Å². The van der Waals surface area contributed by atoms with Crippen LogP contribution in [0.3, 0.4) is 0 Å². The predicted octanol–water partition coefficient (Wildman–Crippen LogP) is 5.91. The van der Waals surface area contributed by atoms with Gasteiger partial charge in [0.1, 0.15) is 6.61 Å². The van der Waals surface area contributed by atoms with E-state index < -0.39 is 29.6 Å². The molecule has 1 fully saturated rings.